The molecule has 0 bridgehead atoms. The van der Waals surface area contributed by atoms with Gasteiger partial charge in [0.25, 0.3) is 0 Å². The molecule has 1 unspecified atom stereocenters. The van der Waals surface area contributed by atoms with Crippen LogP contribution in [0.25, 0.3) is 0 Å². The average Bonchev–Trinajstić information content (AvgIpc) is 2.26. The maximum Gasteiger partial charge on any atom is 0.0883 e. The molecule has 1 aromatic carbocycles. The van der Waals surface area contributed by atoms with Crippen molar-refractivity contribution in [2.75, 3.05) is 13.7 Å². The topological polar surface area (TPSA) is 29.5 Å². The van der Waals surface area contributed by atoms with Crippen molar-refractivity contribution in [2.24, 2.45) is 0 Å². The first-order chi connectivity index (χ1) is 7.09. The first kappa shape index (κ1) is 12.7. The van der Waals surface area contributed by atoms with Crippen molar-refractivity contribution in [3.63, 3.8) is 0 Å². The van der Waals surface area contributed by atoms with Crippen molar-refractivity contribution >= 4 is 15.9 Å². The molecule has 84 valence electrons. The minimum absolute atomic E-state index is 0.0531. The second-order valence-electron chi connectivity index (χ2n) is 3.94. The van der Waals surface area contributed by atoms with Crippen molar-refractivity contribution in [3.8, 4) is 0 Å². The number of aliphatic hydroxyl groups excluding tert-OH is 1. The predicted octanol–water partition coefficient (Wildman–Crippen LogP) is 2.78. The summed E-state index contributed by atoms with van der Waals surface area (Å²) >= 11 is 3.44. The number of halogens is 1. The van der Waals surface area contributed by atoms with E-state index in [4.69, 9.17) is 4.74 Å². The molecular formula is C12H17BrO2. The summed E-state index contributed by atoms with van der Waals surface area (Å²) in [6.07, 6.45) is 1.72. The van der Waals surface area contributed by atoms with E-state index in [1.54, 1.807) is 7.11 Å². The maximum absolute atomic E-state index is 9.18. The smallest absolute Gasteiger partial charge is 0.0883 e. The van der Waals surface area contributed by atoms with Crippen LogP contribution in [0.2, 0.25) is 0 Å². The fourth-order valence-corrected chi connectivity index (χ4v) is 1.79. The van der Waals surface area contributed by atoms with E-state index in [0.717, 1.165) is 17.3 Å². The Hall–Kier alpha value is -0.380. The summed E-state index contributed by atoms with van der Waals surface area (Å²) in [6, 6.07) is 8.19. The molecule has 0 heterocycles. The van der Waals surface area contributed by atoms with Gasteiger partial charge in [0.05, 0.1) is 12.2 Å². The molecule has 0 saturated heterocycles. The van der Waals surface area contributed by atoms with Crippen LogP contribution >= 0.6 is 15.9 Å². The lowest BCUT2D eigenvalue weighted by Crippen LogP contribution is -2.32. The standard InChI is InChI=1S/C12H17BrO2/c1-12(9-14,15-2)7-6-10-4-3-5-11(13)8-10/h3-5,8,14H,6-7,9H2,1-2H3. The van der Waals surface area contributed by atoms with Crippen LogP contribution in [0.5, 0.6) is 0 Å². The third kappa shape index (κ3) is 3.93. The molecule has 0 spiro atoms. The Morgan fingerprint density at radius 1 is 1.47 bits per heavy atom. The highest BCUT2D eigenvalue weighted by molar-refractivity contribution is 9.10. The zero-order valence-corrected chi connectivity index (χ0v) is 10.8. The number of aliphatic hydroxyl groups is 1. The largest absolute Gasteiger partial charge is 0.393 e. The molecule has 1 aromatic rings. The van der Waals surface area contributed by atoms with E-state index in [2.05, 4.69) is 28.1 Å². The molecule has 1 N–H and O–H groups in total. The van der Waals surface area contributed by atoms with Crippen molar-refractivity contribution < 1.29 is 9.84 Å². The quantitative estimate of drug-likeness (QED) is 0.893. The number of hydrogen-bond donors (Lipinski definition) is 1. The molecular weight excluding hydrogens is 256 g/mol. The number of methoxy groups -OCH3 is 1. The van der Waals surface area contributed by atoms with Crippen LogP contribution in [0.15, 0.2) is 28.7 Å². The predicted molar refractivity (Wildman–Crippen MR) is 65.0 cm³/mol. The minimum atomic E-state index is -0.428. The van der Waals surface area contributed by atoms with Gasteiger partial charge >= 0.3 is 0 Å². The van der Waals surface area contributed by atoms with Crippen molar-refractivity contribution in [1.29, 1.82) is 0 Å². The molecule has 1 rings (SSSR count). The molecule has 0 aliphatic carbocycles. The van der Waals surface area contributed by atoms with Gasteiger partial charge in [0.15, 0.2) is 0 Å². The Morgan fingerprint density at radius 3 is 2.73 bits per heavy atom. The molecule has 15 heavy (non-hydrogen) atoms. The molecule has 0 radical (unpaired) electrons. The van der Waals surface area contributed by atoms with Crippen LogP contribution in [-0.2, 0) is 11.2 Å². The van der Waals surface area contributed by atoms with Gasteiger partial charge in [-0.1, -0.05) is 28.1 Å². The van der Waals surface area contributed by atoms with Gasteiger partial charge in [-0.15, -0.1) is 0 Å². The molecule has 0 saturated carbocycles. The van der Waals surface area contributed by atoms with Gasteiger partial charge in [-0.2, -0.15) is 0 Å². The van der Waals surface area contributed by atoms with Crippen LogP contribution < -0.4 is 0 Å². The lowest BCUT2D eigenvalue weighted by atomic mass is 9.97. The molecule has 0 aromatic heterocycles. The molecule has 3 heteroatoms. The highest BCUT2D eigenvalue weighted by atomic mass is 79.9. The van der Waals surface area contributed by atoms with E-state index in [9.17, 15) is 5.11 Å². The molecule has 0 fully saturated rings. The van der Waals surface area contributed by atoms with Crippen molar-refractivity contribution in [2.45, 2.75) is 25.4 Å². The van der Waals surface area contributed by atoms with Gasteiger partial charge in [0.1, 0.15) is 0 Å². The second kappa shape index (κ2) is 5.64. The van der Waals surface area contributed by atoms with Crippen LogP contribution in [0.3, 0.4) is 0 Å². The van der Waals surface area contributed by atoms with Crippen molar-refractivity contribution in [1.82, 2.24) is 0 Å². The number of aryl methyl sites for hydroxylation is 1. The van der Waals surface area contributed by atoms with Crippen LogP contribution in [-0.4, -0.2) is 24.4 Å². The normalized spacial score (nSPS) is 14.9. The van der Waals surface area contributed by atoms with Crippen LogP contribution in [0, 0.1) is 0 Å². The average molecular weight is 273 g/mol. The third-order valence-electron chi connectivity index (χ3n) is 2.66. The molecule has 2 nitrogen and oxygen atoms in total. The zero-order chi connectivity index (χ0) is 11.3. The summed E-state index contributed by atoms with van der Waals surface area (Å²) in [5.41, 5.74) is 0.823. The highest BCUT2D eigenvalue weighted by Crippen LogP contribution is 2.19. The first-order valence-corrected chi connectivity index (χ1v) is 5.79. The molecule has 0 amide bonds. The number of rotatable bonds is 5. The summed E-state index contributed by atoms with van der Waals surface area (Å²) in [6.45, 7) is 1.97. The van der Waals surface area contributed by atoms with E-state index in [0.29, 0.717) is 0 Å². The summed E-state index contributed by atoms with van der Waals surface area (Å²) in [5, 5.41) is 9.18. The fraction of sp³-hybridized carbons (Fsp3) is 0.500. The summed E-state index contributed by atoms with van der Waals surface area (Å²) in [7, 11) is 1.64. The molecule has 0 aliphatic heterocycles. The van der Waals surface area contributed by atoms with Crippen LogP contribution in [0.1, 0.15) is 18.9 Å². The Labute approximate surface area is 99.4 Å². The van der Waals surface area contributed by atoms with Gasteiger partial charge in [0, 0.05) is 11.6 Å². The zero-order valence-electron chi connectivity index (χ0n) is 9.16. The summed E-state index contributed by atoms with van der Waals surface area (Å²) < 4.78 is 6.36. The maximum atomic E-state index is 9.18. The minimum Gasteiger partial charge on any atom is -0.393 e. The molecule has 0 aliphatic rings. The highest BCUT2D eigenvalue weighted by Gasteiger charge is 2.21. The fourth-order valence-electron chi connectivity index (χ4n) is 1.35. The van der Waals surface area contributed by atoms with Crippen LogP contribution in [0.4, 0.5) is 0 Å². The van der Waals surface area contributed by atoms with Gasteiger partial charge in [0.2, 0.25) is 0 Å². The monoisotopic (exact) mass is 272 g/mol. The Bertz CT molecular complexity index is 308. The van der Waals surface area contributed by atoms with E-state index < -0.39 is 5.60 Å². The molecule has 1 atom stereocenters. The number of ether oxygens (including phenoxy) is 1. The van der Waals surface area contributed by atoms with Gasteiger partial charge in [-0.25, -0.2) is 0 Å². The summed E-state index contributed by atoms with van der Waals surface area (Å²) in [4.78, 5) is 0. The number of hydrogen-bond acceptors (Lipinski definition) is 2. The lowest BCUT2D eigenvalue weighted by molar-refractivity contribution is -0.0429. The van der Waals surface area contributed by atoms with E-state index in [-0.39, 0.29) is 6.61 Å². The van der Waals surface area contributed by atoms with E-state index in [1.807, 2.05) is 19.1 Å². The first-order valence-electron chi connectivity index (χ1n) is 5.00. The summed E-state index contributed by atoms with van der Waals surface area (Å²) in [5.74, 6) is 0. The van der Waals surface area contributed by atoms with Gasteiger partial charge < -0.3 is 9.84 Å². The lowest BCUT2D eigenvalue weighted by Gasteiger charge is -2.25. The number of benzene rings is 1. The van der Waals surface area contributed by atoms with E-state index in [1.165, 1.54) is 5.56 Å². The van der Waals surface area contributed by atoms with Crippen molar-refractivity contribution in [3.05, 3.63) is 34.3 Å². The second-order valence-corrected chi connectivity index (χ2v) is 4.86. The van der Waals surface area contributed by atoms with Gasteiger partial charge in [-0.05, 0) is 37.5 Å². The Balaban J connectivity index is 2.56. The van der Waals surface area contributed by atoms with E-state index >= 15 is 0 Å². The third-order valence-corrected chi connectivity index (χ3v) is 3.15. The Morgan fingerprint density at radius 2 is 2.20 bits per heavy atom. The SMILES string of the molecule is COC(C)(CO)CCc1cccc(Br)c1. The van der Waals surface area contributed by atoms with Gasteiger partial charge in [-0.3, -0.25) is 0 Å². The Kier molecular flexibility index (Phi) is 4.77.